The van der Waals surface area contributed by atoms with Crippen LogP contribution >= 0.6 is 11.8 Å². The van der Waals surface area contributed by atoms with Crippen molar-refractivity contribution in [3.63, 3.8) is 0 Å². The first-order chi connectivity index (χ1) is 19.6. The van der Waals surface area contributed by atoms with Gasteiger partial charge in [-0.05, 0) is 87.2 Å². The van der Waals surface area contributed by atoms with Crippen LogP contribution in [0.15, 0.2) is 34.2 Å². The van der Waals surface area contributed by atoms with Gasteiger partial charge in [-0.2, -0.15) is 4.98 Å². The summed E-state index contributed by atoms with van der Waals surface area (Å²) in [6.07, 6.45) is 10.4. The van der Waals surface area contributed by atoms with Crippen LogP contribution in [0.5, 0.6) is 0 Å². The molecule has 2 aliphatic heterocycles. The van der Waals surface area contributed by atoms with E-state index in [2.05, 4.69) is 45.0 Å². The van der Waals surface area contributed by atoms with Gasteiger partial charge >= 0.3 is 0 Å². The number of methoxy groups -OCH3 is 1. The van der Waals surface area contributed by atoms with Crippen LogP contribution in [0.3, 0.4) is 0 Å². The summed E-state index contributed by atoms with van der Waals surface area (Å²) in [5.74, 6) is 2.57. The van der Waals surface area contributed by atoms with Crippen LogP contribution in [0.4, 0.5) is 5.69 Å². The van der Waals surface area contributed by atoms with E-state index in [1.54, 1.807) is 18.9 Å². The van der Waals surface area contributed by atoms with E-state index in [1.807, 2.05) is 0 Å². The average molecular weight is 565 g/mol. The molecule has 4 aliphatic carbocycles. The largest absolute Gasteiger partial charge is 0.382 e. The molecule has 40 heavy (non-hydrogen) atoms. The fraction of sp³-hybridized carbons (Fsp3) is 0.645. The molecule has 2 bridgehead atoms. The number of nitrogens with one attached hydrogen (secondary N) is 1. The number of amides is 1. The van der Waals surface area contributed by atoms with Crippen molar-refractivity contribution >= 4 is 29.1 Å². The molecular weight excluding hydrogens is 524 g/mol. The van der Waals surface area contributed by atoms with Crippen LogP contribution < -0.4 is 10.2 Å². The molecule has 0 spiro atoms. The molecule has 214 valence electrons. The van der Waals surface area contributed by atoms with Gasteiger partial charge < -0.3 is 24.2 Å². The first-order valence-corrected chi connectivity index (χ1v) is 16.0. The molecule has 6 aliphatic rings. The van der Waals surface area contributed by atoms with Gasteiger partial charge in [0.2, 0.25) is 11.8 Å². The molecule has 1 unspecified atom stereocenters. The number of benzene rings is 1. The summed E-state index contributed by atoms with van der Waals surface area (Å²) >= 11 is 1.74. The Kier molecular flexibility index (Phi) is 7.17. The Labute approximate surface area is 240 Å². The molecule has 1 aromatic carbocycles. The van der Waals surface area contributed by atoms with Crippen molar-refractivity contribution in [2.75, 3.05) is 38.4 Å². The second-order valence-corrected chi connectivity index (χ2v) is 13.7. The number of fused-ring (bicyclic) bond motifs is 3. The SMILES string of the molecule is COCC1NC(c2cccc(N(CC34CCC(c5nc(C6CC6)no5)(CC3)CC4)C(=O)C3CCOCC3)c2)=CS1. The molecule has 9 heteroatoms. The number of carbonyl (C=O) groups excluding carboxylic acids is 1. The molecule has 1 aromatic heterocycles. The van der Waals surface area contributed by atoms with Gasteiger partial charge in [0.1, 0.15) is 0 Å². The average Bonchev–Trinajstić information content (AvgIpc) is 3.53. The van der Waals surface area contributed by atoms with Crippen LogP contribution in [-0.2, 0) is 19.7 Å². The number of carbonyl (C=O) groups is 1. The zero-order chi connectivity index (χ0) is 27.2. The van der Waals surface area contributed by atoms with Crippen molar-refractivity contribution in [2.45, 2.75) is 80.9 Å². The maximum absolute atomic E-state index is 14.2. The van der Waals surface area contributed by atoms with Crippen LogP contribution in [0.1, 0.15) is 87.4 Å². The van der Waals surface area contributed by atoms with Crippen molar-refractivity contribution < 1.29 is 18.8 Å². The Hall–Kier alpha value is -2.36. The van der Waals surface area contributed by atoms with Gasteiger partial charge in [-0.25, -0.2) is 0 Å². The van der Waals surface area contributed by atoms with E-state index >= 15 is 0 Å². The first-order valence-electron chi connectivity index (χ1n) is 15.0. The van der Waals surface area contributed by atoms with Crippen LogP contribution in [0.25, 0.3) is 5.70 Å². The first kappa shape index (κ1) is 26.5. The van der Waals surface area contributed by atoms with E-state index in [0.29, 0.717) is 25.7 Å². The molecule has 5 fully saturated rings. The van der Waals surface area contributed by atoms with Gasteiger partial charge in [-0.1, -0.05) is 17.3 Å². The molecule has 3 heterocycles. The Bertz CT molecular complexity index is 1240. The summed E-state index contributed by atoms with van der Waals surface area (Å²) in [5, 5.41) is 10.3. The third-order valence-corrected chi connectivity index (χ3v) is 11.0. The topological polar surface area (TPSA) is 89.7 Å². The molecule has 1 saturated heterocycles. The highest BCUT2D eigenvalue weighted by Gasteiger charge is 2.53. The van der Waals surface area contributed by atoms with Crippen molar-refractivity contribution in [3.8, 4) is 0 Å². The molecule has 1 amide bonds. The highest BCUT2D eigenvalue weighted by Crippen LogP contribution is 2.58. The minimum absolute atomic E-state index is 0.0183. The molecular formula is C31H40N4O4S. The fourth-order valence-electron chi connectivity index (χ4n) is 7.19. The number of aromatic nitrogens is 2. The molecule has 4 saturated carbocycles. The number of thioether (sulfide) groups is 1. The lowest BCUT2D eigenvalue weighted by Gasteiger charge is -2.53. The highest BCUT2D eigenvalue weighted by molar-refractivity contribution is 8.03. The van der Waals surface area contributed by atoms with Crippen molar-refractivity contribution in [2.24, 2.45) is 11.3 Å². The number of rotatable bonds is 9. The lowest BCUT2D eigenvalue weighted by molar-refractivity contribution is -0.126. The summed E-state index contributed by atoms with van der Waals surface area (Å²) in [7, 11) is 1.73. The third kappa shape index (κ3) is 5.09. The number of hydrogen-bond acceptors (Lipinski definition) is 8. The zero-order valence-electron chi connectivity index (χ0n) is 23.4. The number of nitrogens with zero attached hydrogens (tertiary/aromatic N) is 3. The van der Waals surface area contributed by atoms with Crippen LogP contribution in [-0.4, -0.2) is 54.9 Å². The molecule has 0 radical (unpaired) electrons. The van der Waals surface area contributed by atoms with Gasteiger partial charge in [0.05, 0.1) is 12.0 Å². The molecule has 8 nitrogen and oxygen atoms in total. The summed E-state index contributed by atoms with van der Waals surface area (Å²) in [6.45, 7) is 2.75. The standard InChI is InChI=1S/C31H40N4O4S/c1-37-18-26-32-25(19-40-26)23-3-2-4-24(17-23)35(28(36)22-7-15-38-16-8-22)20-30-9-12-31(13-10-30,14-11-30)29-33-27(34-39-29)21-5-6-21/h2-4,17,19,21-22,26,32H,5-16,18,20H2,1H3. The minimum atomic E-state index is 0.0183. The predicted octanol–water partition coefficient (Wildman–Crippen LogP) is 5.61. The Morgan fingerprint density at radius 3 is 2.62 bits per heavy atom. The van der Waals surface area contributed by atoms with Gasteiger partial charge in [0.15, 0.2) is 5.82 Å². The highest BCUT2D eigenvalue weighted by atomic mass is 32.2. The Balaban J connectivity index is 1.12. The smallest absolute Gasteiger partial charge is 0.232 e. The molecule has 8 rings (SSSR count). The lowest BCUT2D eigenvalue weighted by atomic mass is 9.53. The van der Waals surface area contributed by atoms with Crippen molar-refractivity contribution in [1.82, 2.24) is 15.5 Å². The van der Waals surface area contributed by atoms with E-state index in [0.717, 1.165) is 86.6 Å². The van der Waals surface area contributed by atoms with E-state index < -0.39 is 0 Å². The lowest BCUT2D eigenvalue weighted by Crippen LogP contribution is -2.52. The second kappa shape index (κ2) is 10.8. The fourth-order valence-corrected chi connectivity index (χ4v) is 8.11. The van der Waals surface area contributed by atoms with E-state index in [1.165, 1.54) is 12.8 Å². The Morgan fingerprint density at radius 2 is 1.90 bits per heavy atom. The molecule has 1 N–H and O–H groups in total. The van der Waals surface area contributed by atoms with Crippen LogP contribution in [0, 0.1) is 11.3 Å². The quantitative estimate of drug-likeness (QED) is 0.421. The normalized spacial score (nSPS) is 30.2. The van der Waals surface area contributed by atoms with Crippen molar-refractivity contribution in [1.29, 1.82) is 0 Å². The summed E-state index contributed by atoms with van der Waals surface area (Å²) < 4.78 is 16.8. The van der Waals surface area contributed by atoms with Gasteiger partial charge in [-0.15, -0.1) is 11.8 Å². The zero-order valence-corrected chi connectivity index (χ0v) is 24.2. The predicted molar refractivity (Wildman–Crippen MR) is 155 cm³/mol. The van der Waals surface area contributed by atoms with Crippen molar-refractivity contribution in [3.05, 3.63) is 47.0 Å². The molecule has 2 aromatic rings. The van der Waals surface area contributed by atoms with Crippen LogP contribution in [0.2, 0.25) is 0 Å². The summed E-state index contributed by atoms with van der Waals surface area (Å²) in [5.41, 5.74) is 3.35. The number of ether oxygens (including phenoxy) is 2. The monoisotopic (exact) mass is 564 g/mol. The summed E-state index contributed by atoms with van der Waals surface area (Å²) in [6, 6.07) is 8.52. The van der Waals surface area contributed by atoms with Gasteiger partial charge in [-0.3, -0.25) is 4.79 Å². The maximum Gasteiger partial charge on any atom is 0.232 e. The second-order valence-electron chi connectivity index (χ2n) is 12.6. The van der Waals surface area contributed by atoms with E-state index in [9.17, 15) is 4.79 Å². The Morgan fingerprint density at radius 1 is 1.12 bits per heavy atom. The third-order valence-electron chi connectivity index (χ3n) is 10.0. The van der Waals surface area contributed by atoms with Gasteiger partial charge in [0.25, 0.3) is 0 Å². The minimum Gasteiger partial charge on any atom is -0.382 e. The number of anilines is 1. The maximum atomic E-state index is 14.2. The number of hydrogen-bond donors (Lipinski definition) is 1. The van der Waals surface area contributed by atoms with E-state index in [-0.39, 0.29) is 28.0 Å². The molecule has 1 atom stereocenters. The summed E-state index contributed by atoms with van der Waals surface area (Å²) in [4.78, 5) is 21.2. The van der Waals surface area contributed by atoms with Gasteiger partial charge in [0, 0.05) is 61.1 Å². The van der Waals surface area contributed by atoms with E-state index in [4.69, 9.17) is 19.0 Å².